The van der Waals surface area contributed by atoms with E-state index in [4.69, 9.17) is 15.2 Å². The molecule has 1 unspecified atom stereocenters. The Morgan fingerprint density at radius 2 is 2.19 bits per heavy atom. The summed E-state index contributed by atoms with van der Waals surface area (Å²) < 4.78 is 11.7. The lowest BCUT2D eigenvalue weighted by molar-refractivity contribution is 0.121. The maximum Gasteiger partial charge on any atom is 0.124 e. The van der Waals surface area contributed by atoms with Gasteiger partial charge in [0.1, 0.15) is 5.75 Å². The molecule has 4 heteroatoms. The van der Waals surface area contributed by atoms with Crippen LogP contribution in [0.1, 0.15) is 24.9 Å². The van der Waals surface area contributed by atoms with Gasteiger partial charge in [0, 0.05) is 16.6 Å². The lowest BCUT2D eigenvalue weighted by Gasteiger charge is -2.16. The molecular weight excluding hydrogens is 270 g/mol. The van der Waals surface area contributed by atoms with Crippen LogP contribution in [-0.2, 0) is 4.74 Å². The van der Waals surface area contributed by atoms with E-state index in [0.29, 0.717) is 6.61 Å². The molecule has 16 heavy (non-hydrogen) atoms. The third kappa shape index (κ3) is 3.77. The molecule has 0 aliphatic heterocycles. The topological polar surface area (TPSA) is 44.5 Å². The van der Waals surface area contributed by atoms with Gasteiger partial charge in [-0.1, -0.05) is 28.9 Å². The van der Waals surface area contributed by atoms with Gasteiger partial charge in [-0.3, -0.25) is 0 Å². The Labute approximate surface area is 105 Å². The number of benzene rings is 1. The van der Waals surface area contributed by atoms with E-state index in [1.807, 2.05) is 18.2 Å². The average molecular weight is 288 g/mol. The first-order valence-corrected chi connectivity index (χ1v) is 6.15. The second-order valence-corrected chi connectivity index (χ2v) is 4.48. The largest absolute Gasteiger partial charge is 0.496 e. The molecule has 0 bridgehead atoms. The minimum absolute atomic E-state index is 0.144. The Bertz CT molecular complexity index is 331. The van der Waals surface area contributed by atoms with E-state index in [1.165, 1.54) is 0 Å². The average Bonchev–Trinajstić information content (AvgIpc) is 2.29. The summed E-state index contributed by atoms with van der Waals surface area (Å²) in [5.74, 6) is 0.793. The third-order valence-corrected chi connectivity index (χ3v) is 2.73. The van der Waals surface area contributed by atoms with Gasteiger partial charge < -0.3 is 15.2 Å². The Hall–Kier alpha value is -0.580. The Kier molecular flexibility index (Phi) is 5.80. The van der Waals surface area contributed by atoms with Gasteiger partial charge in [-0.25, -0.2) is 0 Å². The number of methoxy groups -OCH3 is 1. The zero-order valence-corrected chi connectivity index (χ0v) is 11.3. The van der Waals surface area contributed by atoms with Crippen LogP contribution in [0.15, 0.2) is 22.7 Å². The molecule has 0 fully saturated rings. The van der Waals surface area contributed by atoms with Crippen LogP contribution < -0.4 is 10.5 Å². The molecule has 3 nitrogen and oxygen atoms in total. The number of ether oxygens (including phenoxy) is 2. The second kappa shape index (κ2) is 6.89. The first-order valence-electron chi connectivity index (χ1n) is 5.35. The van der Waals surface area contributed by atoms with E-state index >= 15 is 0 Å². The maximum atomic E-state index is 6.04. The summed E-state index contributed by atoms with van der Waals surface area (Å²) in [6, 6.07) is 5.68. The lowest BCUT2D eigenvalue weighted by Crippen LogP contribution is -2.18. The smallest absolute Gasteiger partial charge is 0.124 e. The number of hydrogen-bond acceptors (Lipinski definition) is 3. The lowest BCUT2D eigenvalue weighted by atomic mass is 10.1. The van der Waals surface area contributed by atoms with E-state index in [0.717, 1.165) is 28.8 Å². The minimum Gasteiger partial charge on any atom is -0.496 e. The summed E-state index contributed by atoms with van der Waals surface area (Å²) in [6.45, 7) is 3.34. The molecule has 0 heterocycles. The van der Waals surface area contributed by atoms with Crippen molar-refractivity contribution in [2.75, 3.05) is 20.3 Å². The number of hydrogen-bond donors (Lipinski definition) is 1. The molecule has 0 radical (unpaired) electrons. The number of halogens is 1. The molecule has 1 aromatic rings. The number of nitrogens with two attached hydrogens (primary N) is 1. The van der Waals surface area contributed by atoms with Crippen molar-refractivity contribution in [1.29, 1.82) is 0 Å². The molecule has 1 aromatic carbocycles. The summed E-state index contributed by atoms with van der Waals surface area (Å²) in [5.41, 5.74) is 7.02. The minimum atomic E-state index is -0.144. The quantitative estimate of drug-likeness (QED) is 0.819. The van der Waals surface area contributed by atoms with Crippen LogP contribution in [0.25, 0.3) is 0 Å². The third-order valence-electron chi connectivity index (χ3n) is 2.24. The van der Waals surface area contributed by atoms with Crippen molar-refractivity contribution in [3.05, 3.63) is 28.2 Å². The highest BCUT2D eigenvalue weighted by Gasteiger charge is 2.12. The summed E-state index contributed by atoms with van der Waals surface area (Å²) in [6.07, 6.45) is 1.00. The Balaban J connectivity index is 2.70. The van der Waals surface area contributed by atoms with Crippen LogP contribution in [0.4, 0.5) is 0 Å². The summed E-state index contributed by atoms with van der Waals surface area (Å²) in [7, 11) is 1.64. The molecule has 0 aromatic heterocycles. The Morgan fingerprint density at radius 1 is 1.44 bits per heavy atom. The molecule has 1 rings (SSSR count). The summed E-state index contributed by atoms with van der Waals surface area (Å²) in [4.78, 5) is 0. The van der Waals surface area contributed by atoms with Crippen molar-refractivity contribution >= 4 is 15.9 Å². The van der Waals surface area contributed by atoms with E-state index in [-0.39, 0.29) is 6.04 Å². The van der Waals surface area contributed by atoms with Crippen LogP contribution in [0.5, 0.6) is 5.75 Å². The van der Waals surface area contributed by atoms with Gasteiger partial charge in [0.05, 0.1) is 19.8 Å². The zero-order valence-electron chi connectivity index (χ0n) is 9.70. The molecular formula is C12H18BrNO2. The van der Waals surface area contributed by atoms with Crippen molar-refractivity contribution < 1.29 is 9.47 Å². The van der Waals surface area contributed by atoms with Crippen molar-refractivity contribution in [3.8, 4) is 5.75 Å². The standard InChI is InChI=1S/C12H18BrNO2/c1-3-6-16-8-11(14)10-5-4-9(13)7-12(10)15-2/h4-5,7,11H,3,6,8,14H2,1-2H3. The van der Waals surface area contributed by atoms with Gasteiger partial charge in [0.2, 0.25) is 0 Å². The van der Waals surface area contributed by atoms with Crippen molar-refractivity contribution in [2.24, 2.45) is 5.73 Å². The fraction of sp³-hybridized carbons (Fsp3) is 0.500. The molecule has 0 spiro atoms. The van der Waals surface area contributed by atoms with Gasteiger partial charge in [-0.15, -0.1) is 0 Å². The molecule has 0 aliphatic rings. The van der Waals surface area contributed by atoms with Gasteiger partial charge in [0.25, 0.3) is 0 Å². The van der Waals surface area contributed by atoms with Crippen molar-refractivity contribution in [1.82, 2.24) is 0 Å². The van der Waals surface area contributed by atoms with Crippen LogP contribution >= 0.6 is 15.9 Å². The molecule has 90 valence electrons. The summed E-state index contributed by atoms with van der Waals surface area (Å²) >= 11 is 3.40. The van der Waals surface area contributed by atoms with Crippen LogP contribution in [-0.4, -0.2) is 20.3 Å². The van der Waals surface area contributed by atoms with Crippen LogP contribution in [0, 0.1) is 0 Å². The fourth-order valence-corrected chi connectivity index (χ4v) is 1.78. The van der Waals surface area contributed by atoms with E-state index in [2.05, 4.69) is 22.9 Å². The first kappa shape index (κ1) is 13.5. The molecule has 0 saturated heterocycles. The molecule has 0 amide bonds. The van der Waals surface area contributed by atoms with Crippen molar-refractivity contribution in [2.45, 2.75) is 19.4 Å². The SMILES string of the molecule is CCCOCC(N)c1ccc(Br)cc1OC. The van der Waals surface area contributed by atoms with Crippen molar-refractivity contribution in [3.63, 3.8) is 0 Å². The van der Waals surface area contributed by atoms with Gasteiger partial charge in [-0.2, -0.15) is 0 Å². The van der Waals surface area contributed by atoms with Gasteiger partial charge in [-0.05, 0) is 18.6 Å². The van der Waals surface area contributed by atoms with Crippen LogP contribution in [0.3, 0.4) is 0 Å². The maximum absolute atomic E-state index is 6.04. The summed E-state index contributed by atoms with van der Waals surface area (Å²) in [5, 5.41) is 0. The highest BCUT2D eigenvalue weighted by atomic mass is 79.9. The predicted octanol–water partition coefficient (Wildman–Crippen LogP) is 2.88. The highest BCUT2D eigenvalue weighted by molar-refractivity contribution is 9.10. The molecule has 2 N–H and O–H groups in total. The second-order valence-electron chi connectivity index (χ2n) is 3.57. The Morgan fingerprint density at radius 3 is 2.81 bits per heavy atom. The van der Waals surface area contributed by atoms with Gasteiger partial charge in [0.15, 0.2) is 0 Å². The van der Waals surface area contributed by atoms with E-state index in [1.54, 1.807) is 7.11 Å². The van der Waals surface area contributed by atoms with E-state index in [9.17, 15) is 0 Å². The fourth-order valence-electron chi connectivity index (χ4n) is 1.44. The van der Waals surface area contributed by atoms with E-state index < -0.39 is 0 Å². The normalized spacial score (nSPS) is 12.5. The monoisotopic (exact) mass is 287 g/mol. The highest BCUT2D eigenvalue weighted by Crippen LogP contribution is 2.27. The first-order chi connectivity index (χ1) is 7.69. The molecule has 0 aliphatic carbocycles. The van der Waals surface area contributed by atoms with Crippen LogP contribution in [0.2, 0.25) is 0 Å². The zero-order chi connectivity index (χ0) is 12.0. The number of rotatable bonds is 6. The molecule has 0 saturated carbocycles. The predicted molar refractivity (Wildman–Crippen MR) is 68.7 cm³/mol. The molecule has 1 atom stereocenters. The van der Waals surface area contributed by atoms with Gasteiger partial charge >= 0.3 is 0 Å².